The monoisotopic (exact) mass is 450 g/mol. The van der Waals surface area contributed by atoms with Crippen LogP contribution >= 0.6 is 0 Å². The molecule has 5 rings (SSSR count). The lowest BCUT2D eigenvalue weighted by molar-refractivity contribution is -0.136. The highest BCUT2D eigenvalue weighted by molar-refractivity contribution is 6.05. The number of piperidine rings is 1. The second kappa shape index (κ2) is 8.24. The van der Waals surface area contributed by atoms with Crippen molar-refractivity contribution in [1.29, 1.82) is 0 Å². The number of ether oxygens (including phenoxy) is 1. The van der Waals surface area contributed by atoms with Crippen LogP contribution in [0, 0.1) is 0 Å². The number of aromatic nitrogens is 3. The van der Waals surface area contributed by atoms with Crippen molar-refractivity contribution >= 4 is 23.6 Å². The molecule has 2 saturated heterocycles. The fourth-order valence-electron chi connectivity index (χ4n) is 4.44. The van der Waals surface area contributed by atoms with E-state index in [1.54, 1.807) is 24.3 Å². The first kappa shape index (κ1) is 21.0. The summed E-state index contributed by atoms with van der Waals surface area (Å²) >= 11 is 0. The van der Waals surface area contributed by atoms with E-state index in [1.165, 1.54) is 15.8 Å². The molecule has 0 bridgehead atoms. The molecule has 4 heterocycles. The molecular weight excluding hydrogens is 428 g/mol. The molecule has 170 valence electrons. The number of nitrogens with zero attached hydrogens (tertiary/aromatic N) is 4. The molecule has 3 aliphatic heterocycles. The molecule has 33 heavy (non-hydrogen) atoms. The van der Waals surface area contributed by atoms with Gasteiger partial charge in [-0.25, -0.2) is 4.68 Å². The van der Waals surface area contributed by atoms with Crippen LogP contribution in [0.25, 0.3) is 5.69 Å². The molecule has 2 fully saturated rings. The Labute approximate surface area is 188 Å². The van der Waals surface area contributed by atoms with E-state index in [0.717, 1.165) is 5.56 Å². The molecule has 11 heteroatoms. The number of benzene rings is 1. The molecule has 3 atom stereocenters. The quantitative estimate of drug-likeness (QED) is 0.487. The average Bonchev–Trinajstić information content (AvgIpc) is 3.53. The summed E-state index contributed by atoms with van der Waals surface area (Å²) in [6, 6.07) is 4.33. The van der Waals surface area contributed by atoms with Gasteiger partial charge in [-0.15, -0.1) is 11.7 Å². The molecule has 2 N–H and O–H groups in total. The average molecular weight is 450 g/mol. The molecule has 4 amide bonds. The van der Waals surface area contributed by atoms with Crippen molar-refractivity contribution in [2.45, 2.75) is 44.0 Å². The fourth-order valence-corrected chi connectivity index (χ4v) is 4.44. The van der Waals surface area contributed by atoms with Crippen molar-refractivity contribution in [3.63, 3.8) is 0 Å². The minimum atomic E-state index is -0.674. The highest BCUT2D eigenvalue weighted by Crippen LogP contribution is 2.29. The molecule has 1 unspecified atom stereocenters. The molecule has 1 aromatic carbocycles. The summed E-state index contributed by atoms with van der Waals surface area (Å²) in [6.07, 6.45) is 4.15. The standard InChI is InChI=1S/C22H22N6O5/c1-2-18-15(7-8-33-18)23-20(30)16-11-28(26-25-16)13-3-4-14-12(9-13)10-27(22(14)32)17-5-6-19(29)24-21(17)31/h2-4,9,11,15,17-18H,1,5-8,10H2,(H,23,30)(H,24,29,31)/t15-,17?,18+/m1/s1. The van der Waals surface area contributed by atoms with Crippen molar-refractivity contribution in [3.05, 3.63) is 53.9 Å². The van der Waals surface area contributed by atoms with Gasteiger partial charge in [0.15, 0.2) is 5.69 Å². The van der Waals surface area contributed by atoms with Gasteiger partial charge in [-0.2, -0.15) is 0 Å². The van der Waals surface area contributed by atoms with Crippen LogP contribution in [-0.2, 0) is 20.9 Å². The number of rotatable bonds is 5. The predicted molar refractivity (Wildman–Crippen MR) is 113 cm³/mol. The summed E-state index contributed by atoms with van der Waals surface area (Å²) < 4.78 is 6.96. The Bertz CT molecular complexity index is 1170. The van der Waals surface area contributed by atoms with Gasteiger partial charge in [0.2, 0.25) is 11.8 Å². The maximum Gasteiger partial charge on any atom is 0.273 e. The summed E-state index contributed by atoms with van der Waals surface area (Å²) in [5, 5.41) is 13.2. The Morgan fingerprint density at radius 3 is 2.91 bits per heavy atom. The minimum absolute atomic E-state index is 0.159. The molecule has 1 aromatic heterocycles. The lowest BCUT2D eigenvalue weighted by atomic mass is 10.0. The first-order valence-corrected chi connectivity index (χ1v) is 10.7. The summed E-state index contributed by atoms with van der Waals surface area (Å²) in [4.78, 5) is 50.5. The van der Waals surface area contributed by atoms with E-state index in [9.17, 15) is 19.2 Å². The topological polar surface area (TPSA) is 136 Å². The molecule has 3 aliphatic rings. The zero-order valence-corrected chi connectivity index (χ0v) is 17.7. The maximum absolute atomic E-state index is 12.8. The normalized spacial score (nSPS) is 24.5. The summed E-state index contributed by atoms with van der Waals surface area (Å²) in [5.41, 5.74) is 2.02. The predicted octanol–water partition coefficient (Wildman–Crippen LogP) is 0.102. The van der Waals surface area contributed by atoms with Gasteiger partial charge in [-0.05, 0) is 36.6 Å². The van der Waals surface area contributed by atoms with Gasteiger partial charge in [0.25, 0.3) is 11.8 Å². The van der Waals surface area contributed by atoms with Crippen LogP contribution < -0.4 is 10.6 Å². The fraction of sp³-hybridized carbons (Fsp3) is 0.364. The van der Waals surface area contributed by atoms with Crippen LogP contribution in [0.4, 0.5) is 0 Å². The third-order valence-corrected chi connectivity index (χ3v) is 6.18. The van der Waals surface area contributed by atoms with Crippen molar-refractivity contribution in [3.8, 4) is 5.69 Å². The van der Waals surface area contributed by atoms with Crippen LogP contribution in [0.2, 0.25) is 0 Å². The van der Waals surface area contributed by atoms with Gasteiger partial charge in [-0.3, -0.25) is 24.5 Å². The molecule has 11 nitrogen and oxygen atoms in total. The van der Waals surface area contributed by atoms with E-state index in [2.05, 4.69) is 27.5 Å². The van der Waals surface area contributed by atoms with Crippen LogP contribution in [0.5, 0.6) is 0 Å². The second-order valence-electron chi connectivity index (χ2n) is 8.23. The number of nitrogens with one attached hydrogen (secondary N) is 2. The van der Waals surface area contributed by atoms with E-state index in [1.807, 2.05) is 0 Å². The summed E-state index contributed by atoms with van der Waals surface area (Å²) in [5.74, 6) is -1.38. The Balaban J connectivity index is 1.31. The third-order valence-electron chi connectivity index (χ3n) is 6.18. The highest BCUT2D eigenvalue weighted by atomic mass is 16.5. The molecule has 0 aliphatic carbocycles. The molecular formula is C22H22N6O5. The molecule has 2 aromatic rings. The van der Waals surface area contributed by atoms with Crippen LogP contribution in [0.1, 0.15) is 45.7 Å². The number of fused-ring (bicyclic) bond motifs is 1. The number of hydrogen-bond donors (Lipinski definition) is 2. The largest absolute Gasteiger partial charge is 0.372 e. The van der Waals surface area contributed by atoms with Gasteiger partial charge in [-0.1, -0.05) is 11.3 Å². The molecule has 0 radical (unpaired) electrons. The summed E-state index contributed by atoms with van der Waals surface area (Å²) in [6.45, 7) is 4.52. The Kier molecular flexibility index (Phi) is 5.25. The van der Waals surface area contributed by atoms with Crippen molar-refractivity contribution in [1.82, 2.24) is 30.5 Å². The Morgan fingerprint density at radius 2 is 2.12 bits per heavy atom. The van der Waals surface area contributed by atoms with E-state index in [-0.39, 0.29) is 48.5 Å². The first-order valence-electron chi connectivity index (χ1n) is 10.7. The van der Waals surface area contributed by atoms with Crippen molar-refractivity contribution in [2.75, 3.05) is 6.61 Å². The lowest BCUT2D eigenvalue weighted by Gasteiger charge is -2.29. The SMILES string of the molecule is C=C[C@@H]1OCC[C@H]1NC(=O)c1cn(-c2ccc3c(c2)CN(C2CCC(=O)NC2=O)C3=O)nn1. The lowest BCUT2D eigenvalue weighted by Crippen LogP contribution is -2.52. The van der Waals surface area contributed by atoms with Gasteiger partial charge in [0.05, 0.1) is 24.0 Å². The van der Waals surface area contributed by atoms with Crippen molar-refractivity contribution in [2.24, 2.45) is 0 Å². The Morgan fingerprint density at radius 1 is 1.27 bits per heavy atom. The van der Waals surface area contributed by atoms with Crippen molar-refractivity contribution < 1.29 is 23.9 Å². The van der Waals surface area contributed by atoms with Crippen LogP contribution in [-0.4, -0.2) is 68.3 Å². The number of hydrogen-bond acceptors (Lipinski definition) is 7. The smallest absolute Gasteiger partial charge is 0.273 e. The third kappa shape index (κ3) is 3.80. The maximum atomic E-state index is 12.8. The summed E-state index contributed by atoms with van der Waals surface area (Å²) in [7, 11) is 0. The number of imide groups is 1. The Hall–Kier alpha value is -3.86. The van der Waals surface area contributed by atoms with Gasteiger partial charge in [0.1, 0.15) is 6.04 Å². The van der Waals surface area contributed by atoms with E-state index < -0.39 is 11.9 Å². The zero-order chi connectivity index (χ0) is 23.1. The van der Waals surface area contributed by atoms with Gasteiger partial charge >= 0.3 is 0 Å². The van der Waals surface area contributed by atoms with E-state index in [4.69, 9.17) is 4.74 Å². The van der Waals surface area contributed by atoms with E-state index >= 15 is 0 Å². The highest BCUT2D eigenvalue weighted by Gasteiger charge is 2.39. The number of amides is 4. The molecule has 0 spiro atoms. The van der Waals surface area contributed by atoms with Crippen LogP contribution in [0.3, 0.4) is 0 Å². The number of carbonyl (C=O) groups is 4. The van der Waals surface area contributed by atoms with E-state index in [0.29, 0.717) is 30.7 Å². The number of carbonyl (C=O) groups excluding carboxylic acids is 4. The van der Waals surface area contributed by atoms with Crippen LogP contribution in [0.15, 0.2) is 37.1 Å². The second-order valence-corrected chi connectivity index (χ2v) is 8.23. The molecule has 0 saturated carbocycles. The first-order chi connectivity index (χ1) is 15.9. The van der Waals surface area contributed by atoms with Gasteiger partial charge in [0, 0.05) is 25.1 Å². The minimum Gasteiger partial charge on any atom is -0.372 e. The van der Waals surface area contributed by atoms with Gasteiger partial charge < -0.3 is 15.0 Å². The zero-order valence-electron chi connectivity index (χ0n) is 17.7.